The van der Waals surface area contributed by atoms with E-state index in [2.05, 4.69) is 9.88 Å². The molecule has 3 heterocycles. The van der Waals surface area contributed by atoms with E-state index < -0.39 is 0 Å². The van der Waals surface area contributed by atoms with Crippen molar-refractivity contribution in [1.29, 1.82) is 0 Å². The third kappa shape index (κ3) is 2.84. The molecule has 4 rings (SSSR count). The minimum Gasteiger partial charge on any atom is -0.335 e. The summed E-state index contributed by atoms with van der Waals surface area (Å²) >= 11 is 1.45. The van der Waals surface area contributed by atoms with Crippen molar-refractivity contribution < 1.29 is 9.18 Å². The molecule has 2 fully saturated rings. The van der Waals surface area contributed by atoms with Crippen molar-refractivity contribution in [3.05, 3.63) is 52.2 Å². The first kappa shape index (κ1) is 15.7. The molecule has 0 N–H and O–H groups in total. The Hall–Kier alpha value is -1.79. The van der Waals surface area contributed by atoms with E-state index in [1.54, 1.807) is 17.6 Å². The van der Waals surface area contributed by atoms with E-state index in [1.807, 2.05) is 16.3 Å². The smallest absolute Gasteiger partial charge is 0.273 e. The first-order valence-corrected chi connectivity index (χ1v) is 9.28. The average molecular weight is 345 g/mol. The number of hydrogen-bond acceptors (Lipinski definition) is 4. The fourth-order valence-corrected chi connectivity index (χ4v) is 4.44. The molecule has 0 bridgehead atoms. The third-order valence-corrected chi connectivity index (χ3v) is 5.86. The summed E-state index contributed by atoms with van der Waals surface area (Å²) < 4.78 is 13.4. The number of piperidine rings is 1. The molecule has 0 radical (unpaired) electrons. The lowest BCUT2D eigenvalue weighted by atomic mass is 9.77. The number of carbonyl (C=O) groups is 1. The van der Waals surface area contributed by atoms with Gasteiger partial charge in [-0.05, 0) is 37.0 Å². The first-order valence-electron chi connectivity index (χ1n) is 8.33. The molecule has 1 aromatic carbocycles. The van der Waals surface area contributed by atoms with Crippen LogP contribution in [0.25, 0.3) is 0 Å². The molecule has 1 amide bonds. The third-order valence-electron chi connectivity index (χ3n) is 5.27. The largest absolute Gasteiger partial charge is 0.335 e. The number of carbonyl (C=O) groups excluding carboxylic acids is 1. The zero-order valence-corrected chi connectivity index (χ0v) is 14.3. The summed E-state index contributed by atoms with van der Waals surface area (Å²) in [6, 6.07) is 6.81. The van der Waals surface area contributed by atoms with Gasteiger partial charge in [-0.25, -0.2) is 9.37 Å². The minimum atomic E-state index is -0.189. The Morgan fingerprint density at radius 3 is 2.96 bits per heavy atom. The van der Waals surface area contributed by atoms with E-state index in [-0.39, 0.29) is 17.3 Å². The van der Waals surface area contributed by atoms with Crippen LogP contribution in [0, 0.1) is 5.82 Å². The van der Waals surface area contributed by atoms with Crippen LogP contribution in [0.1, 0.15) is 35.3 Å². The van der Waals surface area contributed by atoms with Crippen molar-refractivity contribution in [3.63, 3.8) is 0 Å². The Morgan fingerprint density at radius 2 is 2.25 bits per heavy atom. The maximum absolute atomic E-state index is 13.4. The Bertz CT molecular complexity index is 736. The normalized spacial score (nSPS) is 24.1. The Morgan fingerprint density at radius 1 is 1.33 bits per heavy atom. The molecule has 0 saturated carbocycles. The lowest BCUT2D eigenvalue weighted by molar-refractivity contribution is -0.0649. The number of halogens is 1. The predicted octanol–water partition coefficient (Wildman–Crippen LogP) is 3.16. The number of benzene rings is 1. The van der Waals surface area contributed by atoms with Gasteiger partial charge in [0.2, 0.25) is 0 Å². The number of hydrogen-bond donors (Lipinski definition) is 0. The van der Waals surface area contributed by atoms with Gasteiger partial charge in [0, 0.05) is 37.1 Å². The van der Waals surface area contributed by atoms with Crippen LogP contribution in [-0.2, 0) is 6.54 Å². The monoisotopic (exact) mass is 345 g/mol. The van der Waals surface area contributed by atoms with E-state index >= 15 is 0 Å². The highest BCUT2D eigenvalue weighted by Gasteiger charge is 2.47. The van der Waals surface area contributed by atoms with E-state index in [4.69, 9.17) is 0 Å². The van der Waals surface area contributed by atoms with Gasteiger partial charge in [0.05, 0.1) is 5.51 Å². The van der Waals surface area contributed by atoms with Crippen molar-refractivity contribution in [3.8, 4) is 0 Å². The van der Waals surface area contributed by atoms with E-state index in [0.29, 0.717) is 5.69 Å². The lowest BCUT2D eigenvalue weighted by Gasteiger charge is -2.57. The summed E-state index contributed by atoms with van der Waals surface area (Å²) in [6.45, 7) is 3.30. The summed E-state index contributed by atoms with van der Waals surface area (Å²) in [5.74, 6) is -0.154. The maximum atomic E-state index is 13.4. The molecule has 2 aliphatic heterocycles. The molecule has 24 heavy (non-hydrogen) atoms. The summed E-state index contributed by atoms with van der Waals surface area (Å²) in [5.41, 5.74) is 3.30. The summed E-state index contributed by atoms with van der Waals surface area (Å²) in [4.78, 5) is 21.1. The van der Waals surface area contributed by atoms with Crippen molar-refractivity contribution >= 4 is 17.2 Å². The molecule has 2 aromatic rings. The SMILES string of the molecule is O=C(c1cscn1)N1CCC[C@@]2(CCN2Cc2cccc(F)c2)C1. The van der Waals surface area contributed by atoms with Gasteiger partial charge in [-0.3, -0.25) is 9.69 Å². The van der Waals surface area contributed by atoms with Crippen LogP contribution in [0.5, 0.6) is 0 Å². The van der Waals surface area contributed by atoms with Gasteiger partial charge in [0.25, 0.3) is 5.91 Å². The molecule has 6 heteroatoms. The average Bonchev–Trinajstić information content (AvgIpc) is 3.13. The van der Waals surface area contributed by atoms with Gasteiger partial charge in [-0.1, -0.05) is 12.1 Å². The van der Waals surface area contributed by atoms with E-state index in [0.717, 1.165) is 51.0 Å². The highest BCUT2D eigenvalue weighted by molar-refractivity contribution is 7.07. The van der Waals surface area contributed by atoms with Crippen molar-refractivity contribution in [1.82, 2.24) is 14.8 Å². The Labute approximate surface area is 144 Å². The molecule has 2 saturated heterocycles. The fraction of sp³-hybridized carbons (Fsp3) is 0.444. The van der Waals surface area contributed by atoms with Gasteiger partial charge in [-0.2, -0.15) is 0 Å². The summed E-state index contributed by atoms with van der Waals surface area (Å²) in [5, 5.41) is 1.81. The van der Waals surface area contributed by atoms with Gasteiger partial charge in [0.1, 0.15) is 11.5 Å². The number of nitrogens with zero attached hydrogens (tertiary/aromatic N) is 3. The van der Waals surface area contributed by atoms with Crippen molar-refractivity contribution in [2.24, 2.45) is 0 Å². The van der Waals surface area contributed by atoms with Crippen LogP contribution in [0.15, 0.2) is 35.2 Å². The molecule has 1 aromatic heterocycles. The molecule has 126 valence electrons. The van der Waals surface area contributed by atoms with Crippen LogP contribution in [-0.4, -0.2) is 45.9 Å². The number of likely N-dealkylation sites (tertiary alicyclic amines) is 2. The maximum Gasteiger partial charge on any atom is 0.273 e. The second-order valence-corrected chi connectivity index (χ2v) is 7.45. The Balaban J connectivity index is 1.47. The molecular formula is C18H20FN3OS. The second kappa shape index (κ2) is 6.26. The van der Waals surface area contributed by atoms with E-state index in [9.17, 15) is 9.18 Å². The van der Waals surface area contributed by atoms with Crippen LogP contribution in [0.3, 0.4) is 0 Å². The number of rotatable bonds is 3. The molecule has 4 nitrogen and oxygen atoms in total. The lowest BCUT2D eigenvalue weighted by Crippen LogP contribution is -2.67. The van der Waals surface area contributed by atoms with Crippen molar-refractivity contribution in [2.75, 3.05) is 19.6 Å². The quantitative estimate of drug-likeness (QED) is 0.857. The standard InChI is InChI=1S/C18H20FN3OS/c19-15-4-1-3-14(9-15)10-22-8-6-18(22)5-2-7-21(12-18)17(23)16-11-24-13-20-16/h1,3-4,9,11,13H,2,5-8,10,12H2/t18-/m1/s1. The molecule has 0 aliphatic carbocycles. The summed E-state index contributed by atoms with van der Waals surface area (Å²) in [6.07, 6.45) is 3.21. The predicted molar refractivity (Wildman–Crippen MR) is 91.4 cm³/mol. The first-order chi connectivity index (χ1) is 11.7. The fourth-order valence-electron chi connectivity index (χ4n) is 3.92. The van der Waals surface area contributed by atoms with Gasteiger partial charge >= 0.3 is 0 Å². The molecular weight excluding hydrogens is 325 g/mol. The molecule has 1 spiro atoms. The molecule has 2 aliphatic rings. The van der Waals surface area contributed by atoms with Crippen LogP contribution >= 0.6 is 11.3 Å². The zero-order valence-electron chi connectivity index (χ0n) is 13.4. The highest BCUT2D eigenvalue weighted by atomic mass is 32.1. The molecule has 1 atom stereocenters. The van der Waals surface area contributed by atoms with E-state index in [1.165, 1.54) is 17.4 Å². The van der Waals surface area contributed by atoms with Gasteiger partial charge in [-0.15, -0.1) is 11.3 Å². The minimum absolute atomic E-state index is 0.0351. The van der Waals surface area contributed by atoms with Crippen LogP contribution in [0.2, 0.25) is 0 Å². The topological polar surface area (TPSA) is 36.4 Å². The molecule has 0 unspecified atom stereocenters. The van der Waals surface area contributed by atoms with Crippen LogP contribution < -0.4 is 0 Å². The van der Waals surface area contributed by atoms with Gasteiger partial charge in [0.15, 0.2) is 0 Å². The zero-order chi connectivity index (χ0) is 16.6. The summed E-state index contributed by atoms with van der Waals surface area (Å²) in [7, 11) is 0. The highest BCUT2D eigenvalue weighted by Crippen LogP contribution is 2.40. The Kier molecular flexibility index (Phi) is 4.10. The number of thiazole rings is 1. The van der Waals surface area contributed by atoms with Gasteiger partial charge < -0.3 is 4.90 Å². The van der Waals surface area contributed by atoms with Crippen molar-refractivity contribution in [2.45, 2.75) is 31.3 Å². The number of amides is 1. The number of aromatic nitrogens is 1. The van der Waals surface area contributed by atoms with Crippen LogP contribution in [0.4, 0.5) is 4.39 Å². The second-order valence-electron chi connectivity index (χ2n) is 6.73.